The summed E-state index contributed by atoms with van der Waals surface area (Å²) in [5, 5.41) is 9.39. The van der Waals surface area contributed by atoms with Crippen molar-refractivity contribution in [3.8, 4) is 11.1 Å². The molecule has 0 spiro atoms. The van der Waals surface area contributed by atoms with Gasteiger partial charge in [0, 0.05) is 31.4 Å². The predicted molar refractivity (Wildman–Crippen MR) is 75.9 cm³/mol. The molecular formula is C14H12ClFN2O2. The van der Waals surface area contributed by atoms with Crippen molar-refractivity contribution in [1.82, 2.24) is 4.98 Å². The number of carboxylic acid groups (broad SMARTS) is 1. The molecule has 0 amide bonds. The summed E-state index contributed by atoms with van der Waals surface area (Å²) in [6.45, 7) is 0. The van der Waals surface area contributed by atoms with Crippen molar-refractivity contribution in [2.24, 2.45) is 0 Å². The van der Waals surface area contributed by atoms with Gasteiger partial charge >= 0.3 is 5.97 Å². The Labute approximate surface area is 120 Å². The van der Waals surface area contributed by atoms with E-state index < -0.39 is 11.8 Å². The van der Waals surface area contributed by atoms with E-state index in [-0.39, 0.29) is 21.8 Å². The molecule has 1 heterocycles. The van der Waals surface area contributed by atoms with E-state index in [9.17, 15) is 9.18 Å². The number of rotatable bonds is 3. The normalized spacial score (nSPS) is 10.4. The van der Waals surface area contributed by atoms with Gasteiger partial charge in [-0.1, -0.05) is 17.7 Å². The SMILES string of the molecule is CN(C)c1cc(-c2cccnc2C(=O)O)c(F)cc1Cl. The molecule has 0 aliphatic rings. The first-order valence-electron chi connectivity index (χ1n) is 5.77. The Balaban J connectivity index is 2.70. The molecule has 104 valence electrons. The van der Waals surface area contributed by atoms with Crippen molar-refractivity contribution in [2.45, 2.75) is 0 Å². The molecule has 0 aliphatic heterocycles. The van der Waals surface area contributed by atoms with Gasteiger partial charge in [-0.2, -0.15) is 0 Å². The monoisotopic (exact) mass is 294 g/mol. The lowest BCUT2D eigenvalue weighted by molar-refractivity contribution is 0.0691. The highest BCUT2D eigenvalue weighted by Gasteiger charge is 2.18. The molecule has 1 aromatic carbocycles. The number of halogens is 2. The molecular weight excluding hydrogens is 283 g/mol. The summed E-state index contributed by atoms with van der Waals surface area (Å²) in [6.07, 6.45) is 1.35. The first-order valence-corrected chi connectivity index (χ1v) is 6.14. The predicted octanol–water partition coefficient (Wildman–Crippen LogP) is 3.31. The van der Waals surface area contributed by atoms with Gasteiger partial charge in [-0.3, -0.25) is 0 Å². The summed E-state index contributed by atoms with van der Waals surface area (Å²) >= 11 is 5.97. The van der Waals surface area contributed by atoms with Gasteiger partial charge in [0.2, 0.25) is 0 Å². The minimum Gasteiger partial charge on any atom is -0.476 e. The third-order valence-electron chi connectivity index (χ3n) is 2.82. The van der Waals surface area contributed by atoms with E-state index in [2.05, 4.69) is 4.98 Å². The van der Waals surface area contributed by atoms with Gasteiger partial charge in [0.05, 0.1) is 10.7 Å². The van der Waals surface area contributed by atoms with Crippen LogP contribution in [0.1, 0.15) is 10.5 Å². The molecule has 2 rings (SSSR count). The Hall–Kier alpha value is -2.14. The van der Waals surface area contributed by atoms with E-state index in [1.165, 1.54) is 24.4 Å². The fraction of sp³-hybridized carbons (Fsp3) is 0.143. The fourth-order valence-corrected chi connectivity index (χ4v) is 2.20. The lowest BCUT2D eigenvalue weighted by Gasteiger charge is -2.17. The van der Waals surface area contributed by atoms with Gasteiger partial charge < -0.3 is 10.0 Å². The van der Waals surface area contributed by atoms with Crippen molar-refractivity contribution in [3.05, 3.63) is 47.0 Å². The maximum Gasteiger partial charge on any atom is 0.355 e. The molecule has 2 aromatic rings. The maximum absolute atomic E-state index is 14.1. The molecule has 0 bridgehead atoms. The second kappa shape index (κ2) is 5.46. The number of carbonyl (C=O) groups is 1. The van der Waals surface area contributed by atoms with Crippen LogP contribution in [0.25, 0.3) is 11.1 Å². The van der Waals surface area contributed by atoms with Crippen LogP contribution in [-0.2, 0) is 0 Å². The molecule has 1 aromatic heterocycles. The Bertz CT molecular complexity index is 674. The number of pyridine rings is 1. The van der Waals surface area contributed by atoms with Crippen molar-refractivity contribution >= 4 is 23.3 Å². The van der Waals surface area contributed by atoms with Crippen LogP contribution in [0.15, 0.2) is 30.5 Å². The molecule has 0 fully saturated rings. The van der Waals surface area contributed by atoms with Crippen LogP contribution in [0.4, 0.5) is 10.1 Å². The molecule has 1 N–H and O–H groups in total. The third kappa shape index (κ3) is 2.58. The summed E-state index contributed by atoms with van der Waals surface area (Å²) in [7, 11) is 3.54. The molecule has 0 atom stereocenters. The van der Waals surface area contributed by atoms with Gasteiger partial charge in [0.15, 0.2) is 5.69 Å². The number of carboxylic acids is 1. The molecule has 0 radical (unpaired) electrons. The van der Waals surface area contributed by atoms with E-state index in [0.717, 1.165) is 0 Å². The highest BCUT2D eigenvalue weighted by molar-refractivity contribution is 6.33. The summed E-state index contributed by atoms with van der Waals surface area (Å²) in [5.41, 5.74) is 0.780. The Morgan fingerprint density at radius 1 is 1.35 bits per heavy atom. The Morgan fingerprint density at radius 3 is 2.65 bits per heavy atom. The molecule has 20 heavy (non-hydrogen) atoms. The zero-order valence-electron chi connectivity index (χ0n) is 10.9. The largest absolute Gasteiger partial charge is 0.476 e. The Morgan fingerprint density at radius 2 is 2.05 bits per heavy atom. The van der Waals surface area contributed by atoms with Crippen LogP contribution in [0.3, 0.4) is 0 Å². The van der Waals surface area contributed by atoms with Crippen LogP contribution in [0.2, 0.25) is 5.02 Å². The average Bonchev–Trinajstić information content (AvgIpc) is 2.38. The number of benzene rings is 1. The fourth-order valence-electron chi connectivity index (χ4n) is 1.88. The van der Waals surface area contributed by atoms with Crippen molar-refractivity contribution in [2.75, 3.05) is 19.0 Å². The van der Waals surface area contributed by atoms with E-state index in [1.54, 1.807) is 25.1 Å². The molecule has 0 saturated heterocycles. The van der Waals surface area contributed by atoms with Crippen LogP contribution >= 0.6 is 11.6 Å². The second-order valence-corrected chi connectivity index (χ2v) is 4.79. The number of hydrogen-bond acceptors (Lipinski definition) is 3. The van der Waals surface area contributed by atoms with E-state index in [1.807, 2.05) is 0 Å². The minimum absolute atomic E-state index is 0.156. The lowest BCUT2D eigenvalue weighted by atomic mass is 10.0. The van der Waals surface area contributed by atoms with Crippen LogP contribution in [-0.4, -0.2) is 30.2 Å². The zero-order valence-corrected chi connectivity index (χ0v) is 11.6. The van der Waals surface area contributed by atoms with Gasteiger partial charge in [-0.15, -0.1) is 0 Å². The molecule has 0 saturated carbocycles. The average molecular weight is 295 g/mol. The van der Waals surface area contributed by atoms with Crippen LogP contribution in [0.5, 0.6) is 0 Å². The van der Waals surface area contributed by atoms with Crippen LogP contribution < -0.4 is 4.90 Å². The standard InChI is InChI=1S/C14H12ClFN2O2/c1-18(2)12-6-9(11(16)7-10(12)15)8-4-3-5-17-13(8)14(19)20/h3-7H,1-2H3,(H,19,20). The summed E-state index contributed by atoms with van der Waals surface area (Å²) in [5.74, 6) is -1.79. The van der Waals surface area contributed by atoms with Crippen LogP contribution in [0, 0.1) is 5.82 Å². The number of aromatic carboxylic acids is 1. The maximum atomic E-state index is 14.1. The van der Waals surface area contributed by atoms with Gasteiger partial charge in [-0.25, -0.2) is 14.2 Å². The summed E-state index contributed by atoms with van der Waals surface area (Å²) in [4.78, 5) is 16.7. The van der Waals surface area contributed by atoms with Gasteiger partial charge in [0.25, 0.3) is 0 Å². The second-order valence-electron chi connectivity index (χ2n) is 4.38. The summed E-state index contributed by atoms with van der Waals surface area (Å²) in [6, 6.07) is 5.76. The highest BCUT2D eigenvalue weighted by atomic mass is 35.5. The number of anilines is 1. The smallest absolute Gasteiger partial charge is 0.355 e. The van der Waals surface area contributed by atoms with E-state index in [4.69, 9.17) is 16.7 Å². The molecule has 0 aliphatic carbocycles. The molecule has 0 unspecified atom stereocenters. The molecule has 4 nitrogen and oxygen atoms in total. The van der Waals surface area contributed by atoms with Crippen molar-refractivity contribution in [3.63, 3.8) is 0 Å². The third-order valence-corrected chi connectivity index (χ3v) is 3.12. The lowest BCUT2D eigenvalue weighted by Crippen LogP contribution is -2.10. The van der Waals surface area contributed by atoms with E-state index >= 15 is 0 Å². The first kappa shape index (κ1) is 14.3. The number of nitrogens with zero attached hydrogens (tertiary/aromatic N) is 2. The van der Waals surface area contributed by atoms with Gasteiger partial charge in [0.1, 0.15) is 5.82 Å². The van der Waals surface area contributed by atoms with Crippen molar-refractivity contribution in [1.29, 1.82) is 0 Å². The summed E-state index contributed by atoms with van der Waals surface area (Å²) < 4.78 is 14.1. The highest BCUT2D eigenvalue weighted by Crippen LogP contribution is 2.34. The number of hydrogen-bond donors (Lipinski definition) is 1. The first-order chi connectivity index (χ1) is 9.41. The topological polar surface area (TPSA) is 53.4 Å². The number of aromatic nitrogens is 1. The molecule has 6 heteroatoms. The minimum atomic E-state index is -1.21. The quantitative estimate of drug-likeness (QED) is 0.943. The van der Waals surface area contributed by atoms with E-state index in [0.29, 0.717) is 5.69 Å². The zero-order chi connectivity index (χ0) is 14.9. The van der Waals surface area contributed by atoms with Gasteiger partial charge in [-0.05, 0) is 18.2 Å². The Kier molecular flexibility index (Phi) is 3.90. The van der Waals surface area contributed by atoms with Crippen molar-refractivity contribution < 1.29 is 14.3 Å².